The molecule has 1 aromatic heterocycles. The average molecular weight is 424 g/mol. The van der Waals surface area contributed by atoms with Gasteiger partial charge in [0.25, 0.3) is 5.91 Å². The molecule has 0 saturated heterocycles. The molecule has 1 aliphatic rings. The van der Waals surface area contributed by atoms with Crippen molar-refractivity contribution in [3.63, 3.8) is 0 Å². The highest BCUT2D eigenvalue weighted by molar-refractivity contribution is 9.10. The molecule has 5 nitrogen and oxygen atoms in total. The van der Waals surface area contributed by atoms with Crippen LogP contribution in [-0.2, 0) is 0 Å². The van der Waals surface area contributed by atoms with Crippen LogP contribution in [0.5, 0.6) is 5.75 Å². The molecule has 1 atom stereocenters. The summed E-state index contributed by atoms with van der Waals surface area (Å²) in [5.41, 5.74) is 3.01. The fourth-order valence-corrected chi connectivity index (χ4v) is 3.59. The molecule has 0 bridgehead atoms. The predicted molar refractivity (Wildman–Crippen MR) is 109 cm³/mol. The molecule has 0 spiro atoms. The Hall–Kier alpha value is -2.86. The Morgan fingerprint density at radius 3 is 2.70 bits per heavy atom. The summed E-state index contributed by atoms with van der Waals surface area (Å²) in [6.07, 6.45) is 1.32. The zero-order valence-corrected chi connectivity index (χ0v) is 16.3. The molecule has 0 fully saturated rings. The molecule has 27 heavy (non-hydrogen) atoms. The van der Waals surface area contributed by atoms with Gasteiger partial charge in [-0.15, -0.1) is 0 Å². The minimum Gasteiger partial charge on any atom is -0.494 e. The first kappa shape index (κ1) is 17.5. The van der Waals surface area contributed by atoms with Gasteiger partial charge in [0, 0.05) is 22.0 Å². The van der Waals surface area contributed by atoms with E-state index < -0.39 is 0 Å². The smallest absolute Gasteiger partial charge is 0.262 e. The van der Waals surface area contributed by atoms with E-state index in [-0.39, 0.29) is 12.1 Å². The van der Waals surface area contributed by atoms with Crippen molar-refractivity contribution in [2.75, 3.05) is 16.8 Å². The van der Waals surface area contributed by atoms with Gasteiger partial charge < -0.3 is 10.1 Å². The molecule has 1 aliphatic heterocycles. The van der Waals surface area contributed by atoms with E-state index in [1.807, 2.05) is 61.5 Å². The van der Waals surface area contributed by atoms with E-state index >= 15 is 0 Å². The highest BCUT2D eigenvalue weighted by Gasteiger charge is 2.39. The minimum atomic E-state index is -0.388. The van der Waals surface area contributed by atoms with E-state index in [0.717, 1.165) is 27.3 Å². The molecule has 0 unspecified atom stereocenters. The zero-order valence-electron chi connectivity index (χ0n) is 14.7. The summed E-state index contributed by atoms with van der Waals surface area (Å²) in [5, 5.41) is 3.44. The number of rotatable bonds is 5. The lowest BCUT2D eigenvalue weighted by Gasteiger charge is -2.26. The summed E-state index contributed by atoms with van der Waals surface area (Å²) in [7, 11) is 0. The second-order valence-corrected chi connectivity index (χ2v) is 7.01. The van der Waals surface area contributed by atoms with Crippen LogP contribution in [0.15, 0.2) is 71.3 Å². The Morgan fingerprint density at radius 2 is 1.96 bits per heavy atom. The number of aromatic nitrogens is 1. The minimum absolute atomic E-state index is 0.0743. The Bertz CT molecular complexity index is 975. The fourth-order valence-electron chi connectivity index (χ4n) is 3.19. The van der Waals surface area contributed by atoms with Gasteiger partial charge in [0.1, 0.15) is 5.75 Å². The maximum absolute atomic E-state index is 13.1. The van der Waals surface area contributed by atoms with Crippen LogP contribution in [0.25, 0.3) is 0 Å². The number of nitrogens with zero attached hydrogens (tertiary/aromatic N) is 2. The van der Waals surface area contributed by atoms with Crippen LogP contribution in [0, 0.1) is 0 Å². The van der Waals surface area contributed by atoms with Gasteiger partial charge in [-0.3, -0.25) is 14.7 Å². The van der Waals surface area contributed by atoms with Crippen molar-refractivity contribution in [1.82, 2.24) is 4.98 Å². The summed E-state index contributed by atoms with van der Waals surface area (Å²) >= 11 is 3.49. The first-order valence-electron chi connectivity index (χ1n) is 8.71. The Kier molecular flexibility index (Phi) is 4.81. The molecule has 1 amide bonds. The maximum Gasteiger partial charge on any atom is 0.262 e. The molecule has 2 heterocycles. The summed E-state index contributed by atoms with van der Waals surface area (Å²) in [6, 6.07) is 19.0. The first-order valence-corrected chi connectivity index (χ1v) is 9.50. The van der Waals surface area contributed by atoms with Gasteiger partial charge in [0.05, 0.1) is 17.9 Å². The van der Waals surface area contributed by atoms with Crippen LogP contribution in [-0.4, -0.2) is 17.5 Å². The largest absolute Gasteiger partial charge is 0.494 e. The summed E-state index contributed by atoms with van der Waals surface area (Å²) in [5.74, 6) is 0.704. The van der Waals surface area contributed by atoms with Gasteiger partial charge in [-0.05, 0) is 61.5 Å². The zero-order chi connectivity index (χ0) is 18.8. The number of fused-ring (bicyclic) bond motifs is 1. The van der Waals surface area contributed by atoms with Crippen LogP contribution in [0.4, 0.5) is 11.4 Å². The monoisotopic (exact) mass is 423 g/mol. The average Bonchev–Trinajstić information content (AvgIpc) is 2.95. The topological polar surface area (TPSA) is 54.5 Å². The van der Waals surface area contributed by atoms with Crippen molar-refractivity contribution in [3.8, 4) is 5.75 Å². The third-order valence-electron chi connectivity index (χ3n) is 4.36. The number of anilines is 2. The van der Waals surface area contributed by atoms with Crippen molar-refractivity contribution >= 4 is 33.2 Å². The second kappa shape index (κ2) is 7.40. The molecule has 1 N–H and O–H groups in total. The van der Waals surface area contributed by atoms with Crippen molar-refractivity contribution in [2.24, 2.45) is 0 Å². The molecule has 3 aromatic rings. The number of benzene rings is 2. The number of ether oxygens (including phenoxy) is 1. The van der Waals surface area contributed by atoms with Gasteiger partial charge in [-0.2, -0.15) is 0 Å². The summed E-state index contributed by atoms with van der Waals surface area (Å²) in [4.78, 5) is 19.3. The Morgan fingerprint density at radius 1 is 1.15 bits per heavy atom. The van der Waals surface area contributed by atoms with Crippen LogP contribution in [0.2, 0.25) is 0 Å². The van der Waals surface area contributed by atoms with E-state index in [1.165, 1.54) is 0 Å². The number of carbonyl (C=O) groups excluding carboxylic acids is 1. The Balaban J connectivity index is 1.73. The molecule has 0 aliphatic carbocycles. The quantitative estimate of drug-likeness (QED) is 0.626. The van der Waals surface area contributed by atoms with Crippen LogP contribution < -0.4 is 15.0 Å². The molecule has 6 heteroatoms. The molecule has 2 aromatic carbocycles. The van der Waals surface area contributed by atoms with E-state index in [1.54, 1.807) is 17.2 Å². The predicted octanol–water partition coefficient (Wildman–Crippen LogP) is 5.01. The number of hydrogen-bond donors (Lipinski definition) is 1. The third-order valence-corrected chi connectivity index (χ3v) is 4.85. The van der Waals surface area contributed by atoms with Crippen LogP contribution in [0.3, 0.4) is 0 Å². The molecular weight excluding hydrogens is 406 g/mol. The van der Waals surface area contributed by atoms with E-state index in [4.69, 9.17) is 4.74 Å². The van der Waals surface area contributed by atoms with E-state index in [0.29, 0.717) is 12.2 Å². The van der Waals surface area contributed by atoms with Gasteiger partial charge in [-0.25, -0.2) is 0 Å². The normalized spacial score (nSPS) is 15.6. The first-order chi connectivity index (χ1) is 13.2. The molecular formula is C21H18BrN3O2. The Labute approximate surface area is 166 Å². The van der Waals surface area contributed by atoms with E-state index in [2.05, 4.69) is 26.2 Å². The van der Waals surface area contributed by atoms with Gasteiger partial charge in [0.2, 0.25) is 0 Å². The number of halogens is 1. The van der Waals surface area contributed by atoms with Crippen molar-refractivity contribution in [1.29, 1.82) is 0 Å². The lowest BCUT2D eigenvalue weighted by Crippen LogP contribution is -2.32. The fraction of sp³-hybridized carbons (Fsp3) is 0.143. The highest BCUT2D eigenvalue weighted by atomic mass is 79.9. The number of nitrogens with one attached hydrogen (secondary N) is 1. The standard InChI is InChI=1S/C21H18BrN3O2/c1-2-27-17-10-8-16(9-11-17)25-20(24-15-6-3-5-14(22)13-15)19-18(21(25)26)7-4-12-23-19/h3-13,20,24H,2H2,1H3/t20-/m1/s1. The lowest BCUT2D eigenvalue weighted by atomic mass is 10.2. The van der Waals surface area contributed by atoms with Crippen LogP contribution >= 0.6 is 15.9 Å². The van der Waals surface area contributed by atoms with Gasteiger partial charge in [-0.1, -0.05) is 22.0 Å². The highest BCUT2D eigenvalue weighted by Crippen LogP contribution is 2.37. The van der Waals surface area contributed by atoms with Crippen molar-refractivity contribution in [2.45, 2.75) is 13.1 Å². The maximum atomic E-state index is 13.1. The second-order valence-electron chi connectivity index (χ2n) is 6.10. The molecule has 0 radical (unpaired) electrons. The summed E-state index contributed by atoms with van der Waals surface area (Å²) < 4.78 is 6.47. The lowest BCUT2D eigenvalue weighted by molar-refractivity contribution is 0.0993. The number of carbonyl (C=O) groups is 1. The molecule has 4 rings (SSSR count). The summed E-state index contributed by atoms with van der Waals surface area (Å²) in [6.45, 7) is 2.54. The molecule has 0 saturated carbocycles. The van der Waals surface area contributed by atoms with Crippen molar-refractivity contribution < 1.29 is 9.53 Å². The SMILES string of the molecule is CCOc1ccc(N2C(=O)c3cccnc3[C@@H]2Nc2cccc(Br)c2)cc1. The van der Waals surface area contributed by atoms with Gasteiger partial charge in [0.15, 0.2) is 6.17 Å². The molecule has 136 valence electrons. The number of pyridine rings is 1. The third kappa shape index (κ3) is 3.40. The van der Waals surface area contributed by atoms with Gasteiger partial charge >= 0.3 is 0 Å². The van der Waals surface area contributed by atoms with Crippen LogP contribution in [0.1, 0.15) is 29.1 Å². The van der Waals surface area contributed by atoms with E-state index in [9.17, 15) is 4.79 Å². The number of amides is 1. The number of hydrogen-bond acceptors (Lipinski definition) is 4. The van der Waals surface area contributed by atoms with Crippen molar-refractivity contribution in [3.05, 3.63) is 82.6 Å².